The molecular formula is C17H14ClFN2O5S. The van der Waals surface area contributed by atoms with E-state index in [-0.39, 0.29) is 40.3 Å². The summed E-state index contributed by atoms with van der Waals surface area (Å²) in [5, 5.41) is 4.88. The zero-order valence-electron chi connectivity index (χ0n) is 13.8. The smallest absolute Gasteiger partial charge is 0.262 e. The van der Waals surface area contributed by atoms with E-state index in [0.717, 1.165) is 6.07 Å². The number of hydrogen-bond acceptors (Lipinski definition) is 5. The number of anilines is 2. The second-order valence-electron chi connectivity index (χ2n) is 5.74. The summed E-state index contributed by atoms with van der Waals surface area (Å²) in [6, 6.07) is 7.73. The summed E-state index contributed by atoms with van der Waals surface area (Å²) >= 11 is 5.63. The molecule has 1 heterocycles. The monoisotopic (exact) mass is 412 g/mol. The Kier molecular flexibility index (Phi) is 5.33. The SMILES string of the molecule is O=C(CCS(=O)(=O)c1ccc2c(c1)OCC(=O)N2)Nc1ccc(F)c(Cl)c1. The maximum Gasteiger partial charge on any atom is 0.262 e. The van der Waals surface area contributed by atoms with Crippen LogP contribution in [0.2, 0.25) is 5.02 Å². The Morgan fingerprint density at radius 2 is 2.04 bits per heavy atom. The molecule has 7 nitrogen and oxygen atoms in total. The third-order valence-electron chi connectivity index (χ3n) is 3.75. The predicted octanol–water partition coefficient (Wildman–Crippen LogP) is 2.61. The highest BCUT2D eigenvalue weighted by Gasteiger charge is 2.22. The molecule has 2 amide bonds. The molecule has 1 aliphatic heterocycles. The van der Waals surface area contributed by atoms with Crippen LogP contribution in [0.3, 0.4) is 0 Å². The number of ether oxygens (including phenoxy) is 1. The Morgan fingerprint density at radius 3 is 2.78 bits per heavy atom. The van der Waals surface area contributed by atoms with Gasteiger partial charge in [0.05, 0.1) is 21.4 Å². The third-order valence-corrected chi connectivity index (χ3v) is 5.75. The molecule has 0 fully saturated rings. The molecule has 2 aromatic carbocycles. The van der Waals surface area contributed by atoms with Crippen LogP contribution in [-0.4, -0.2) is 32.6 Å². The topological polar surface area (TPSA) is 102 Å². The van der Waals surface area contributed by atoms with Gasteiger partial charge in [-0.1, -0.05) is 11.6 Å². The lowest BCUT2D eigenvalue weighted by Crippen LogP contribution is -2.25. The van der Waals surface area contributed by atoms with Crippen molar-refractivity contribution in [3.05, 3.63) is 47.2 Å². The summed E-state index contributed by atoms with van der Waals surface area (Å²) in [4.78, 5) is 23.2. The summed E-state index contributed by atoms with van der Waals surface area (Å²) in [5.41, 5.74) is 0.651. The second-order valence-corrected chi connectivity index (χ2v) is 8.26. The minimum Gasteiger partial charge on any atom is -0.482 e. The zero-order chi connectivity index (χ0) is 19.6. The van der Waals surface area contributed by atoms with Gasteiger partial charge in [0.2, 0.25) is 5.91 Å². The number of halogens is 2. The van der Waals surface area contributed by atoms with Crippen LogP contribution in [-0.2, 0) is 19.4 Å². The van der Waals surface area contributed by atoms with E-state index in [4.69, 9.17) is 16.3 Å². The number of rotatable bonds is 5. The Labute approximate surface area is 159 Å². The van der Waals surface area contributed by atoms with Crippen LogP contribution in [0.15, 0.2) is 41.3 Å². The van der Waals surface area contributed by atoms with Gasteiger partial charge in [-0.25, -0.2) is 12.8 Å². The van der Waals surface area contributed by atoms with Crippen LogP contribution in [0.25, 0.3) is 0 Å². The number of sulfone groups is 1. The van der Waals surface area contributed by atoms with Gasteiger partial charge in [0.25, 0.3) is 5.91 Å². The average molecular weight is 413 g/mol. The zero-order valence-corrected chi connectivity index (χ0v) is 15.4. The van der Waals surface area contributed by atoms with Crippen molar-refractivity contribution in [1.29, 1.82) is 0 Å². The first-order valence-corrected chi connectivity index (χ1v) is 9.82. The molecular weight excluding hydrogens is 399 g/mol. The molecule has 0 unspecified atom stereocenters. The predicted molar refractivity (Wildman–Crippen MR) is 97.3 cm³/mol. The van der Waals surface area contributed by atoms with Gasteiger partial charge in [0.1, 0.15) is 11.6 Å². The standard InChI is InChI=1S/C17H14ClFN2O5S/c18-12-7-10(1-3-13(12)19)20-16(22)5-6-27(24,25)11-2-4-14-15(8-11)26-9-17(23)21-14/h1-4,7-8H,5-6,9H2,(H,20,22)(H,21,23). The molecule has 0 radical (unpaired) electrons. The minimum absolute atomic E-state index is 0.0185. The average Bonchev–Trinajstić information content (AvgIpc) is 2.62. The van der Waals surface area contributed by atoms with E-state index in [1.165, 1.54) is 30.3 Å². The molecule has 27 heavy (non-hydrogen) atoms. The number of hydrogen-bond donors (Lipinski definition) is 2. The van der Waals surface area contributed by atoms with E-state index in [9.17, 15) is 22.4 Å². The van der Waals surface area contributed by atoms with Gasteiger partial charge >= 0.3 is 0 Å². The van der Waals surface area contributed by atoms with Gasteiger partial charge in [-0.05, 0) is 30.3 Å². The highest BCUT2D eigenvalue weighted by atomic mass is 35.5. The molecule has 0 saturated heterocycles. The highest BCUT2D eigenvalue weighted by molar-refractivity contribution is 7.91. The Bertz CT molecular complexity index is 1030. The Balaban J connectivity index is 1.65. The first-order chi connectivity index (χ1) is 12.7. The summed E-state index contributed by atoms with van der Waals surface area (Å²) < 4.78 is 43.2. The second kappa shape index (κ2) is 7.53. The van der Waals surface area contributed by atoms with Gasteiger partial charge < -0.3 is 15.4 Å². The van der Waals surface area contributed by atoms with Crippen LogP contribution in [0.4, 0.5) is 15.8 Å². The summed E-state index contributed by atoms with van der Waals surface area (Å²) in [6.07, 6.45) is -0.300. The van der Waals surface area contributed by atoms with Crippen molar-refractivity contribution in [3.63, 3.8) is 0 Å². The fourth-order valence-corrected chi connectivity index (χ4v) is 3.82. The Morgan fingerprint density at radius 1 is 1.26 bits per heavy atom. The number of amides is 2. The summed E-state index contributed by atoms with van der Waals surface area (Å²) in [6.45, 7) is -0.195. The van der Waals surface area contributed by atoms with Gasteiger partial charge in [-0.15, -0.1) is 0 Å². The van der Waals surface area contributed by atoms with Crippen LogP contribution in [0.5, 0.6) is 5.75 Å². The molecule has 0 saturated carbocycles. The molecule has 2 aromatic rings. The minimum atomic E-state index is -3.75. The molecule has 142 valence electrons. The number of carbonyl (C=O) groups is 2. The van der Waals surface area contributed by atoms with Crippen molar-refractivity contribution >= 4 is 44.6 Å². The van der Waals surface area contributed by atoms with E-state index in [2.05, 4.69) is 10.6 Å². The van der Waals surface area contributed by atoms with Gasteiger partial charge in [-0.3, -0.25) is 9.59 Å². The highest BCUT2D eigenvalue weighted by Crippen LogP contribution is 2.30. The van der Waals surface area contributed by atoms with Crippen LogP contribution in [0, 0.1) is 5.82 Å². The molecule has 0 aliphatic carbocycles. The number of benzene rings is 2. The van der Waals surface area contributed by atoms with Crippen molar-refractivity contribution in [2.24, 2.45) is 0 Å². The fraction of sp³-hybridized carbons (Fsp3) is 0.176. The largest absolute Gasteiger partial charge is 0.482 e. The van der Waals surface area contributed by atoms with Crippen molar-refractivity contribution < 1.29 is 27.1 Å². The quantitative estimate of drug-likeness (QED) is 0.786. The molecule has 1 aliphatic rings. The maximum atomic E-state index is 13.1. The van der Waals surface area contributed by atoms with E-state index in [1.807, 2.05) is 0 Å². The summed E-state index contributed by atoms with van der Waals surface area (Å²) in [5.74, 6) is -1.68. The molecule has 0 bridgehead atoms. The van der Waals surface area contributed by atoms with Crippen LogP contribution < -0.4 is 15.4 Å². The molecule has 10 heteroatoms. The van der Waals surface area contributed by atoms with Crippen molar-refractivity contribution in [2.45, 2.75) is 11.3 Å². The van der Waals surface area contributed by atoms with Crippen LogP contribution >= 0.6 is 11.6 Å². The van der Waals surface area contributed by atoms with Crippen molar-refractivity contribution in [2.75, 3.05) is 23.0 Å². The Hall–Kier alpha value is -2.65. The van der Waals surface area contributed by atoms with E-state index in [0.29, 0.717) is 5.69 Å². The van der Waals surface area contributed by atoms with Gasteiger partial charge in [0.15, 0.2) is 16.4 Å². The van der Waals surface area contributed by atoms with Crippen LogP contribution in [0.1, 0.15) is 6.42 Å². The van der Waals surface area contributed by atoms with E-state index < -0.39 is 27.3 Å². The molecule has 3 rings (SSSR count). The molecule has 2 N–H and O–H groups in total. The van der Waals surface area contributed by atoms with E-state index >= 15 is 0 Å². The first kappa shape index (κ1) is 19.1. The van der Waals surface area contributed by atoms with E-state index in [1.54, 1.807) is 0 Å². The van der Waals surface area contributed by atoms with Crippen molar-refractivity contribution in [3.8, 4) is 5.75 Å². The number of fused-ring (bicyclic) bond motifs is 1. The fourth-order valence-electron chi connectivity index (χ4n) is 2.39. The molecule has 0 spiro atoms. The molecule has 0 atom stereocenters. The lowest BCUT2D eigenvalue weighted by Gasteiger charge is -2.18. The maximum absolute atomic E-state index is 13.1. The molecule has 0 aromatic heterocycles. The lowest BCUT2D eigenvalue weighted by molar-refractivity contribution is -0.118. The first-order valence-electron chi connectivity index (χ1n) is 7.79. The normalized spacial score (nSPS) is 13.3. The summed E-state index contributed by atoms with van der Waals surface area (Å²) in [7, 11) is -3.75. The lowest BCUT2D eigenvalue weighted by atomic mass is 10.2. The van der Waals surface area contributed by atoms with Gasteiger partial charge in [0, 0.05) is 18.2 Å². The number of carbonyl (C=O) groups excluding carboxylic acids is 2. The third kappa shape index (κ3) is 4.55. The van der Waals surface area contributed by atoms with Crippen molar-refractivity contribution in [1.82, 2.24) is 0 Å². The van der Waals surface area contributed by atoms with Gasteiger partial charge in [-0.2, -0.15) is 0 Å². The number of nitrogens with one attached hydrogen (secondary N) is 2.